The molecule has 0 saturated carbocycles. The van der Waals surface area contributed by atoms with Crippen molar-refractivity contribution in [2.45, 2.75) is 6.92 Å². The maximum absolute atomic E-state index is 13.1. The van der Waals surface area contributed by atoms with Gasteiger partial charge in [-0.05, 0) is 49.4 Å². The highest BCUT2D eigenvalue weighted by molar-refractivity contribution is 7.13. The van der Waals surface area contributed by atoms with E-state index in [4.69, 9.17) is 14.5 Å². The highest BCUT2D eigenvalue weighted by atomic mass is 32.1. The van der Waals surface area contributed by atoms with Crippen LogP contribution in [-0.2, 0) is 0 Å². The molecular weight excluding hydrogens is 367 g/mol. The van der Waals surface area contributed by atoms with Crippen LogP contribution in [0.5, 0.6) is 11.5 Å². The van der Waals surface area contributed by atoms with E-state index in [2.05, 4.69) is 10.3 Å². The molecule has 2 aromatic carbocycles. The molecule has 0 spiro atoms. The van der Waals surface area contributed by atoms with Gasteiger partial charge < -0.3 is 9.47 Å². The summed E-state index contributed by atoms with van der Waals surface area (Å²) in [5.41, 5.74) is 4.08. The van der Waals surface area contributed by atoms with Crippen LogP contribution >= 0.6 is 11.3 Å². The van der Waals surface area contributed by atoms with E-state index in [-0.39, 0.29) is 12.6 Å². The molecule has 8 heteroatoms. The quantitative estimate of drug-likeness (QED) is 0.532. The zero-order valence-electron chi connectivity index (χ0n) is 14.2. The first-order valence-corrected chi connectivity index (χ1v) is 9.11. The molecule has 0 radical (unpaired) electrons. The summed E-state index contributed by atoms with van der Waals surface area (Å²) in [7, 11) is 0. The number of aromatic nitrogens is 4. The lowest BCUT2D eigenvalue weighted by atomic mass is 10.1. The van der Waals surface area contributed by atoms with E-state index in [0.717, 1.165) is 39.1 Å². The molecule has 2 aromatic heterocycles. The zero-order chi connectivity index (χ0) is 18.4. The number of hydrogen-bond acceptors (Lipinski definition) is 6. The van der Waals surface area contributed by atoms with Crippen LogP contribution in [0.2, 0.25) is 0 Å². The maximum Gasteiger partial charge on any atom is 0.231 e. The molecule has 0 amide bonds. The predicted octanol–water partition coefficient (Wildman–Crippen LogP) is 4.23. The first-order valence-electron chi connectivity index (χ1n) is 8.23. The molecule has 3 heterocycles. The Kier molecular flexibility index (Phi) is 3.64. The van der Waals surface area contributed by atoms with E-state index < -0.39 is 0 Å². The van der Waals surface area contributed by atoms with Crippen molar-refractivity contribution in [1.29, 1.82) is 0 Å². The number of ether oxygens (including phenoxy) is 2. The van der Waals surface area contributed by atoms with Crippen LogP contribution in [0.25, 0.3) is 27.6 Å². The van der Waals surface area contributed by atoms with E-state index in [1.165, 1.54) is 23.5 Å². The molecule has 134 valence electrons. The average Bonchev–Trinajstić information content (AvgIpc) is 3.41. The lowest BCUT2D eigenvalue weighted by Gasteiger charge is -2.02. The number of fused-ring (bicyclic) bond motifs is 1. The Labute approximate surface area is 157 Å². The standard InChI is InChI=1S/C19H13FN4O2S/c1-11-18(22-23-24(11)14-5-3-13(20)4-6-14)19-21-15(9-27-19)12-2-7-16-17(8-12)26-10-25-16/h2-9H,10H2,1H3. The zero-order valence-corrected chi connectivity index (χ0v) is 15.0. The van der Waals surface area contributed by atoms with Gasteiger partial charge in [0.1, 0.15) is 16.5 Å². The minimum atomic E-state index is -0.287. The van der Waals surface area contributed by atoms with Crippen molar-refractivity contribution in [1.82, 2.24) is 20.0 Å². The van der Waals surface area contributed by atoms with E-state index in [1.807, 2.05) is 30.5 Å². The van der Waals surface area contributed by atoms with E-state index in [9.17, 15) is 4.39 Å². The fourth-order valence-electron chi connectivity index (χ4n) is 2.93. The van der Waals surface area contributed by atoms with Gasteiger partial charge in [0.25, 0.3) is 0 Å². The highest BCUT2D eigenvalue weighted by Crippen LogP contribution is 2.37. The summed E-state index contributed by atoms with van der Waals surface area (Å²) in [4.78, 5) is 4.70. The second-order valence-corrected chi connectivity index (χ2v) is 6.88. The Bertz CT molecular complexity index is 1140. The van der Waals surface area contributed by atoms with Crippen molar-refractivity contribution < 1.29 is 13.9 Å². The fourth-order valence-corrected chi connectivity index (χ4v) is 3.79. The number of rotatable bonds is 3. The van der Waals surface area contributed by atoms with Gasteiger partial charge in [0.15, 0.2) is 11.5 Å². The molecule has 0 unspecified atom stereocenters. The molecule has 0 bridgehead atoms. The van der Waals surface area contributed by atoms with Crippen LogP contribution in [0.3, 0.4) is 0 Å². The number of nitrogens with zero attached hydrogens (tertiary/aromatic N) is 4. The molecule has 6 nitrogen and oxygen atoms in total. The molecule has 0 N–H and O–H groups in total. The van der Waals surface area contributed by atoms with Crippen LogP contribution < -0.4 is 9.47 Å². The van der Waals surface area contributed by atoms with E-state index >= 15 is 0 Å². The largest absolute Gasteiger partial charge is 0.454 e. The lowest BCUT2D eigenvalue weighted by Crippen LogP contribution is -1.99. The minimum Gasteiger partial charge on any atom is -0.454 e. The molecule has 0 atom stereocenters. The first-order chi connectivity index (χ1) is 13.2. The molecular formula is C19H13FN4O2S. The van der Waals surface area contributed by atoms with Crippen LogP contribution in [0, 0.1) is 12.7 Å². The molecule has 0 fully saturated rings. The van der Waals surface area contributed by atoms with Crippen molar-refractivity contribution in [2.24, 2.45) is 0 Å². The van der Waals surface area contributed by atoms with Crippen molar-refractivity contribution in [3.8, 4) is 39.1 Å². The Morgan fingerprint density at radius 1 is 1.07 bits per heavy atom. The van der Waals surface area contributed by atoms with Crippen LogP contribution in [-0.4, -0.2) is 26.8 Å². The van der Waals surface area contributed by atoms with Gasteiger partial charge in [-0.15, -0.1) is 16.4 Å². The molecule has 1 aliphatic rings. The van der Waals surface area contributed by atoms with Crippen LogP contribution in [0.15, 0.2) is 47.8 Å². The topological polar surface area (TPSA) is 62.1 Å². The van der Waals surface area contributed by atoms with Crippen molar-refractivity contribution >= 4 is 11.3 Å². The summed E-state index contributed by atoms with van der Waals surface area (Å²) < 4.78 is 25.6. The third-order valence-electron chi connectivity index (χ3n) is 4.34. The molecule has 27 heavy (non-hydrogen) atoms. The Hall–Kier alpha value is -3.26. The number of halogens is 1. The van der Waals surface area contributed by atoms with Gasteiger partial charge in [-0.25, -0.2) is 14.1 Å². The monoisotopic (exact) mass is 380 g/mol. The lowest BCUT2D eigenvalue weighted by molar-refractivity contribution is 0.174. The van der Waals surface area contributed by atoms with Gasteiger partial charge in [0.2, 0.25) is 6.79 Å². The number of benzene rings is 2. The van der Waals surface area contributed by atoms with Crippen molar-refractivity contribution in [3.05, 3.63) is 59.4 Å². The predicted molar refractivity (Wildman–Crippen MR) is 98.7 cm³/mol. The van der Waals surface area contributed by atoms with E-state index in [0.29, 0.717) is 5.69 Å². The van der Waals surface area contributed by atoms with Crippen molar-refractivity contribution in [2.75, 3.05) is 6.79 Å². The molecule has 4 aromatic rings. The van der Waals surface area contributed by atoms with Gasteiger partial charge >= 0.3 is 0 Å². The van der Waals surface area contributed by atoms with Gasteiger partial charge in [-0.2, -0.15) is 0 Å². The van der Waals surface area contributed by atoms with Crippen molar-refractivity contribution in [3.63, 3.8) is 0 Å². The van der Waals surface area contributed by atoms with Crippen LogP contribution in [0.4, 0.5) is 4.39 Å². The Morgan fingerprint density at radius 3 is 2.74 bits per heavy atom. The SMILES string of the molecule is Cc1c(-c2nc(-c3ccc4c(c3)OCO4)cs2)nnn1-c1ccc(F)cc1. The second-order valence-electron chi connectivity index (χ2n) is 6.02. The summed E-state index contributed by atoms with van der Waals surface area (Å²) in [5.74, 6) is 1.18. The van der Waals surface area contributed by atoms with Gasteiger partial charge in [0, 0.05) is 10.9 Å². The van der Waals surface area contributed by atoms with Gasteiger partial charge in [-0.1, -0.05) is 5.21 Å². The maximum atomic E-state index is 13.1. The third kappa shape index (κ3) is 2.74. The van der Waals surface area contributed by atoms with E-state index in [1.54, 1.807) is 16.8 Å². The first kappa shape index (κ1) is 16.0. The number of thiazole rings is 1. The minimum absolute atomic E-state index is 0.243. The summed E-state index contributed by atoms with van der Waals surface area (Å²) >= 11 is 1.50. The smallest absolute Gasteiger partial charge is 0.231 e. The van der Waals surface area contributed by atoms with Crippen LogP contribution in [0.1, 0.15) is 5.69 Å². The molecule has 0 aliphatic carbocycles. The summed E-state index contributed by atoms with van der Waals surface area (Å²) in [6.07, 6.45) is 0. The van der Waals surface area contributed by atoms with Gasteiger partial charge in [0.05, 0.1) is 17.1 Å². The third-order valence-corrected chi connectivity index (χ3v) is 5.19. The van der Waals surface area contributed by atoms with Gasteiger partial charge in [-0.3, -0.25) is 0 Å². The summed E-state index contributed by atoms with van der Waals surface area (Å²) in [5, 5.41) is 11.2. The number of hydrogen-bond donors (Lipinski definition) is 0. The molecule has 0 saturated heterocycles. The Morgan fingerprint density at radius 2 is 1.89 bits per heavy atom. The average molecular weight is 380 g/mol. The summed E-state index contributed by atoms with van der Waals surface area (Å²) in [6.45, 7) is 2.16. The molecule has 5 rings (SSSR count). The fraction of sp³-hybridized carbons (Fsp3) is 0.105. The summed E-state index contributed by atoms with van der Waals surface area (Å²) in [6, 6.07) is 11.9. The normalized spacial score (nSPS) is 12.5. The Balaban J connectivity index is 1.49. The second kappa shape index (κ2) is 6.17. The highest BCUT2D eigenvalue weighted by Gasteiger charge is 2.18. The molecule has 1 aliphatic heterocycles.